The van der Waals surface area contributed by atoms with Crippen molar-refractivity contribution in [1.29, 1.82) is 0 Å². The predicted molar refractivity (Wildman–Crippen MR) is 133 cm³/mol. The second kappa shape index (κ2) is 10.5. The number of benzene rings is 2. The van der Waals surface area contributed by atoms with Crippen molar-refractivity contribution in [3.63, 3.8) is 0 Å². The summed E-state index contributed by atoms with van der Waals surface area (Å²) in [5, 5.41) is 12.1. The van der Waals surface area contributed by atoms with Crippen LogP contribution in [0.4, 0.5) is 4.79 Å². The van der Waals surface area contributed by atoms with Crippen LogP contribution in [0, 0.1) is 5.41 Å². The van der Waals surface area contributed by atoms with Gasteiger partial charge in [0.05, 0.1) is 0 Å². The lowest BCUT2D eigenvalue weighted by atomic mass is 9.66. The maximum atomic E-state index is 13.0. The van der Waals surface area contributed by atoms with Crippen LogP contribution in [-0.4, -0.2) is 53.7 Å². The van der Waals surface area contributed by atoms with Gasteiger partial charge in [0.1, 0.15) is 13.2 Å². The van der Waals surface area contributed by atoms with Gasteiger partial charge < -0.3 is 20.1 Å². The van der Waals surface area contributed by atoms with E-state index in [1.165, 1.54) is 16.0 Å². The Morgan fingerprint density at radius 1 is 1.09 bits per heavy atom. The summed E-state index contributed by atoms with van der Waals surface area (Å²) in [6, 6.07) is 16.2. The molecule has 2 aliphatic carbocycles. The van der Waals surface area contributed by atoms with E-state index in [4.69, 9.17) is 4.74 Å². The zero-order valence-corrected chi connectivity index (χ0v) is 20.5. The highest BCUT2D eigenvalue weighted by molar-refractivity contribution is 5.82. The molecule has 2 aliphatic rings. The number of rotatable bonds is 10. The number of nitrogens with zero attached hydrogens (tertiary/aromatic N) is 1. The van der Waals surface area contributed by atoms with Gasteiger partial charge in [-0.05, 0) is 53.9 Å². The average molecular weight is 479 g/mol. The minimum absolute atomic E-state index is 0.00695. The maximum Gasteiger partial charge on any atom is 0.407 e. The lowest BCUT2D eigenvalue weighted by Crippen LogP contribution is -2.49. The van der Waals surface area contributed by atoms with Crippen molar-refractivity contribution in [1.82, 2.24) is 10.2 Å². The second-order valence-corrected chi connectivity index (χ2v) is 9.88. The first-order valence-corrected chi connectivity index (χ1v) is 12.4. The van der Waals surface area contributed by atoms with E-state index in [0.717, 1.165) is 30.4 Å². The van der Waals surface area contributed by atoms with Crippen molar-refractivity contribution in [2.75, 3.05) is 19.7 Å². The fraction of sp³-hybridized carbons (Fsp3) is 0.464. The van der Waals surface area contributed by atoms with Crippen LogP contribution in [0.3, 0.4) is 0 Å². The Morgan fingerprint density at radius 3 is 2.20 bits per heavy atom. The molecule has 35 heavy (non-hydrogen) atoms. The number of alkyl carbamates (subject to hydrolysis) is 1. The molecule has 1 saturated carbocycles. The summed E-state index contributed by atoms with van der Waals surface area (Å²) < 4.78 is 5.64. The number of hydrogen-bond donors (Lipinski definition) is 2. The predicted octanol–water partition coefficient (Wildman–Crippen LogP) is 4.80. The average Bonchev–Trinajstić information content (AvgIpc) is 3.15. The van der Waals surface area contributed by atoms with Gasteiger partial charge in [-0.25, -0.2) is 4.79 Å². The first-order valence-electron chi connectivity index (χ1n) is 12.4. The minimum atomic E-state index is -1.02. The molecule has 0 saturated heterocycles. The summed E-state index contributed by atoms with van der Waals surface area (Å²) in [5.74, 6) is -1.19. The number of nitrogens with one attached hydrogen (secondary N) is 1. The first kappa shape index (κ1) is 24.8. The van der Waals surface area contributed by atoms with Gasteiger partial charge in [0, 0.05) is 24.9 Å². The third-order valence-electron chi connectivity index (χ3n) is 7.64. The smallest absolute Gasteiger partial charge is 0.407 e. The highest BCUT2D eigenvalue weighted by atomic mass is 16.5. The Hall–Kier alpha value is -3.35. The standard InChI is InChI=1S/C28H34N2O5/c1-3-19(2)30(16-26(32)33)25(31)15-28(13-8-14-28)18-29-27(34)35-17-24-22-11-6-4-9-20(22)21-10-5-7-12-23(21)24/h4-7,9-12,19,24H,3,8,13-18H2,1-2H3,(H,29,34)(H,32,33). The van der Waals surface area contributed by atoms with Crippen LogP contribution in [0.15, 0.2) is 48.5 Å². The molecule has 2 aromatic carbocycles. The summed E-state index contributed by atoms with van der Waals surface area (Å²) in [7, 11) is 0. The molecule has 7 heteroatoms. The van der Waals surface area contributed by atoms with E-state index < -0.39 is 12.1 Å². The molecule has 0 spiro atoms. The number of carboxylic acids is 1. The summed E-state index contributed by atoms with van der Waals surface area (Å²) in [6.45, 7) is 4.08. The van der Waals surface area contributed by atoms with Crippen LogP contribution < -0.4 is 5.32 Å². The van der Waals surface area contributed by atoms with Gasteiger partial charge in [-0.15, -0.1) is 0 Å². The van der Waals surface area contributed by atoms with Gasteiger partial charge in [0.25, 0.3) is 0 Å². The summed E-state index contributed by atoms with van der Waals surface area (Å²) >= 11 is 0. The van der Waals surface area contributed by atoms with E-state index in [2.05, 4.69) is 29.6 Å². The van der Waals surface area contributed by atoms with Gasteiger partial charge in [-0.3, -0.25) is 9.59 Å². The van der Waals surface area contributed by atoms with Crippen LogP contribution in [-0.2, 0) is 14.3 Å². The molecule has 0 aliphatic heterocycles. The number of carbonyl (C=O) groups is 3. The summed E-state index contributed by atoms with van der Waals surface area (Å²) in [5.41, 5.74) is 4.33. The van der Waals surface area contributed by atoms with Gasteiger partial charge in [-0.1, -0.05) is 61.9 Å². The number of carbonyl (C=O) groups excluding carboxylic acids is 2. The van der Waals surface area contributed by atoms with Crippen molar-refractivity contribution in [3.8, 4) is 11.1 Å². The maximum absolute atomic E-state index is 13.0. The van der Waals surface area contributed by atoms with E-state index in [-0.39, 0.29) is 42.9 Å². The number of amides is 2. The van der Waals surface area contributed by atoms with E-state index in [0.29, 0.717) is 13.0 Å². The van der Waals surface area contributed by atoms with Gasteiger partial charge in [0.15, 0.2) is 0 Å². The lowest BCUT2D eigenvalue weighted by Gasteiger charge is -2.43. The summed E-state index contributed by atoms with van der Waals surface area (Å²) in [4.78, 5) is 38.3. The number of hydrogen-bond acceptors (Lipinski definition) is 4. The molecule has 7 nitrogen and oxygen atoms in total. The molecule has 4 rings (SSSR count). The Balaban J connectivity index is 1.34. The van der Waals surface area contributed by atoms with Crippen LogP contribution >= 0.6 is 0 Å². The molecule has 2 aromatic rings. The molecule has 1 atom stereocenters. The summed E-state index contributed by atoms with van der Waals surface area (Å²) in [6.07, 6.45) is 3.06. The van der Waals surface area contributed by atoms with E-state index >= 15 is 0 Å². The molecule has 0 radical (unpaired) electrons. The molecule has 1 fully saturated rings. The van der Waals surface area contributed by atoms with Crippen LogP contribution in [0.25, 0.3) is 11.1 Å². The van der Waals surface area contributed by atoms with Gasteiger partial charge in [0.2, 0.25) is 5.91 Å². The van der Waals surface area contributed by atoms with Crippen molar-refractivity contribution in [2.45, 2.75) is 57.9 Å². The fourth-order valence-electron chi connectivity index (χ4n) is 5.28. The Labute approximate surface area is 206 Å². The molecule has 186 valence electrons. The molecule has 1 unspecified atom stereocenters. The zero-order valence-electron chi connectivity index (χ0n) is 20.5. The van der Waals surface area contributed by atoms with Crippen molar-refractivity contribution >= 4 is 18.0 Å². The molecule has 0 aromatic heterocycles. The number of ether oxygens (including phenoxy) is 1. The largest absolute Gasteiger partial charge is 0.480 e. The Bertz CT molecular complexity index is 1050. The Morgan fingerprint density at radius 2 is 1.69 bits per heavy atom. The van der Waals surface area contributed by atoms with Crippen molar-refractivity contribution in [2.24, 2.45) is 5.41 Å². The third-order valence-corrected chi connectivity index (χ3v) is 7.64. The monoisotopic (exact) mass is 478 g/mol. The zero-order chi connectivity index (χ0) is 25.0. The lowest BCUT2D eigenvalue weighted by molar-refractivity contribution is -0.148. The topological polar surface area (TPSA) is 95.9 Å². The highest BCUT2D eigenvalue weighted by Gasteiger charge is 2.41. The van der Waals surface area contributed by atoms with Crippen LogP contribution in [0.1, 0.15) is 63.0 Å². The molecule has 2 N–H and O–H groups in total. The molecular formula is C28H34N2O5. The van der Waals surface area contributed by atoms with Gasteiger partial charge in [-0.2, -0.15) is 0 Å². The van der Waals surface area contributed by atoms with E-state index in [1.807, 2.05) is 38.1 Å². The molecule has 0 bridgehead atoms. The SMILES string of the molecule is CCC(C)N(CC(=O)O)C(=O)CC1(CNC(=O)OCC2c3ccccc3-c3ccccc32)CCC1. The molecule has 0 heterocycles. The molecule has 2 amide bonds. The number of carboxylic acid groups (broad SMARTS) is 1. The normalized spacial score (nSPS) is 16.4. The van der Waals surface area contributed by atoms with E-state index in [9.17, 15) is 19.5 Å². The second-order valence-electron chi connectivity index (χ2n) is 9.88. The minimum Gasteiger partial charge on any atom is -0.480 e. The third kappa shape index (κ3) is 5.34. The first-order chi connectivity index (χ1) is 16.8. The van der Waals surface area contributed by atoms with Crippen molar-refractivity contribution < 1.29 is 24.2 Å². The van der Waals surface area contributed by atoms with Gasteiger partial charge >= 0.3 is 12.1 Å². The quantitative estimate of drug-likeness (QED) is 0.512. The fourth-order valence-corrected chi connectivity index (χ4v) is 5.28. The van der Waals surface area contributed by atoms with Crippen molar-refractivity contribution in [3.05, 3.63) is 59.7 Å². The van der Waals surface area contributed by atoms with E-state index in [1.54, 1.807) is 0 Å². The highest BCUT2D eigenvalue weighted by Crippen LogP contribution is 2.45. The number of aliphatic carboxylic acids is 1. The van der Waals surface area contributed by atoms with Crippen LogP contribution in [0.5, 0.6) is 0 Å². The Kier molecular flexibility index (Phi) is 7.43. The molecular weight excluding hydrogens is 444 g/mol. The van der Waals surface area contributed by atoms with Crippen LogP contribution in [0.2, 0.25) is 0 Å². The number of fused-ring (bicyclic) bond motifs is 3.